The van der Waals surface area contributed by atoms with Crippen LogP contribution in [0.3, 0.4) is 0 Å². The van der Waals surface area contributed by atoms with Crippen LogP contribution in [0.25, 0.3) is 0 Å². The predicted octanol–water partition coefficient (Wildman–Crippen LogP) is 0.607. The lowest BCUT2D eigenvalue weighted by molar-refractivity contribution is 0.0693. The van der Waals surface area contributed by atoms with Crippen LogP contribution in [0, 0.1) is 6.92 Å². The van der Waals surface area contributed by atoms with Gasteiger partial charge < -0.3 is 21.3 Å². The number of benzene rings is 1. The highest BCUT2D eigenvalue weighted by atomic mass is 16.5. The molecule has 1 rings (SSSR count). The second-order valence-electron chi connectivity index (χ2n) is 3.13. The van der Waals surface area contributed by atoms with Gasteiger partial charge in [-0.05, 0) is 19.1 Å². The van der Waals surface area contributed by atoms with Gasteiger partial charge in [0.2, 0.25) is 0 Å². The van der Waals surface area contributed by atoms with E-state index in [1.54, 1.807) is 6.92 Å². The molecule has 0 saturated carbocycles. The van der Waals surface area contributed by atoms with E-state index in [9.17, 15) is 4.79 Å². The molecule has 0 fully saturated rings. The highest BCUT2D eigenvalue weighted by Gasteiger charge is 2.15. The summed E-state index contributed by atoms with van der Waals surface area (Å²) < 4.78 is 5.03. The molecule has 0 bridgehead atoms. The van der Waals surface area contributed by atoms with Crippen molar-refractivity contribution < 1.29 is 14.6 Å². The maximum Gasteiger partial charge on any atom is 0.339 e. The van der Waals surface area contributed by atoms with Crippen molar-refractivity contribution >= 4 is 17.6 Å². The molecular formula is C10H13N3O3. The Balaban J connectivity index is 3.40. The van der Waals surface area contributed by atoms with Gasteiger partial charge in [-0.25, -0.2) is 9.79 Å². The Labute approximate surface area is 92.5 Å². The summed E-state index contributed by atoms with van der Waals surface area (Å²) in [6.07, 6.45) is 0. The minimum absolute atomic E-state index is 0.0783. The Morgan fingerprint density at radius 2 is 2.06 bits per heavy atom. The van der Waals surface area contributed by atoms with Gasteiger partial charge in [-0.3, -0.25) is 0 Å². The second kappa shape index (κ2) is 4.52. The number of ether oxygens (including phenoxy) is 1. The Morgan fingerprint density at radius 1 is 1.44 bits per heavy atom. The van der Waals surface area contributed by atoms with Crippen molar-refractivity contribution in [1.82, 2.24) is 0 Å². The van der Waals surface area contributed by atoms with Gasteiger partial charge in [0.05, 0.1) is 12.8 Å². The smallest absolute Gasteiger partial charge is 0.339 e. The summed E-state index contributed by atoms with van der Waals surface area (Å²) in [7, 11) is 1.40. The fourth-order valence-electron chi connectivity index (χ4n) is 1.37. The number of nitrogens with zero attached hydrogens (tertiary/aromatic N) is 1. The van der Waals surface area contributed by atoms with Crippen molar-refractivity contribution in [2.45, 2.75) is 6.92 Å². The summed E-state index contributed by atoms with van der Waals surface area (Å²) in [4.78, 5) is 14.8. The fraction of sp³-hybridized carbons (Fsp3) is 0.200. The van der Waals surface area contributed by atoms with Crippen molar-refractivity contribution in [3.63, 3.8) is 0 Å². The van der Waals surface area contributed by atoms with Gasteiger partial charge in [0, 0.05) is 5.56 Å². The highest BCUT2D eigenvalue weighted by molar-refractivity contribution is 5.92. The number of hydrogen-bond acceptors (Lipinski definition) is 3. The molecule has 16 heavy (non-hydrogen) atoms. The van der Waals surface area contributed by atoms with E-state index in [1.807, 2.05) is 0 Å². The zero-order valence-electron chi connectivity index (χ0n) is 9.02. The zero-order valence-corrected chi connectivity index (χ0v) is 9.02. The first-order valence-electron chi connectivity index (χ1n) is 4.48. The predicted molar refractivity (Wildman–Crippen MR) is 60.2 cm³/mol. The van der Waals surface area contributed by atoms with Crippen LogP contribution < -0.4 is 16.2 Å². The molecule has 0 heterocycles. The van der Waals surface area contributed by atoms with Crippen LogP contribution in [-0.2, 0) is 0 Å². The molecule has 0 saturated heterocycles. The third kappa shape index (κ3) is 2.22. The number of carbonyl (C=O) groups is 1. The number of carboxylic acids is 1. The normalized spacial score (nSPS) is 9.62. The van der Waals surface area contributed by atoms with E-state index < -0.39 is 5.97 Å². The van der Waals surface area contributed by atoms with Crippen LogP contribution in [0.15, 0.2) is 17.1 Å². The Hall–Kier alpha value is -2.24. The van der Waals surface area contributed by atoms with E-state index in [2.05, 4.69) is 4.99 Å². The first-order chi connectivity index (χ1) is 7.47. The molecule has 0 atom stereocenters. The van der Waals surface area contributed by atoms with Crippen LogP contribution in [0.4, 0.5) is 5.69 Å². The van der Waals surface area contributed by atoms with Crippen molar-refractivity contribution in [3.8, 4) is 5.75 Å². The minimum atomic E-state index is -1.06. The second-order valence-corrected chi connectivity index (χ2v) is 3.13. The van der Waals surface area contributed by atoms with Crippen LogP contribution in [0.2, 0.25) is 0 Å². The molecule has 0 aromatic heterocycles. The average Bonchev–Trinajstić information content (AvgIpc) is 2.19. The highest BCUT2D eigenvalue weighted by Crippen LogP contribution is 2.31. The molecule has 86 valence electrons. The van der Waals surface area contributed by atoms with Gasteiger partial charge in [0.15, 0.2) is 5.96 Å². The topological polar surface area (TPSA) is 111 Å². The number of methoxy groups -OCH3 is 1. The fourth-order valence-corrected chi connectivity index (χ4v) is 1.37. The zero-order chi connectivity index (χ0) is 12.3. The summed E-state index contributed by atoms with van der Waals surface area (Å²) in [6.45, 7) is 1.69. The average molecular weight is 223 g/mol. The number of guanidine groups is 1. The minimum Gasteiger partial charge on any atom is -0.495 e. The van der Waals surface area contributed by atoms with Crippen LogP contribution >= 0.6 is 0 Å². The lowest BCUT2D eigenvalue weighted by atomic mass is 10.1. The molecule has 0 unspecified atom stereocenters. The maximum absolute atomic E-state index is 10.9. The van der Waals surface area contributed by atoms with Crippen molar-refractivity contribution in [2.24, 2.45) is 16.5 Å². The molecule has 0 aliphatic heterocycles. The Kier molecular flexibility index (Phi) is 3.34. The van der Waals surface area contributed by atoms with E-state index in [0.717, 1.165) is 0 Å². The van der Waals surface area contributed by atoms with Gasteiger partial charge in [0.1, 0.15) is 11.3 Å². The number of nitrogens with two attached hydrogens (primary N) is 2. The molecule has 0 radical (unpaired) electrons. The molecule has 6 heteroatoms. The molecule has 0 aliphatic carbocycles. The third-order valence-electron chi connectivity index (χ3n) is 2.06. The summed E-state index contributed by atoms with van der Waals surface area (Å²) >= 11 is 0. The van der Waals surface area contributed by atoms with E-state index in [1.165, 1.54) is 19.2 Å². The summed E-state index contributed by atoms with van der Waals surface area (Å²) in [5.41, 5.74) is 11.7. The van der Waals surface area contributed by atoms with Gasteiger partial charge in [-0.1, -0.05) is 0 Å². The number of aromatic carboxylic acids is 1. The van der Waals surface area contributed by atoms with Gasteiger partial charge in [-0.2, -0.15) is 0 Å². The molecule has 0 spiro atoms. The van der Waals surface area contributed by atoms with Gasteiger partial charge in [-0.15, -0.1) is 0 Å². The van der Waals surface area contributed by atoms with Gasteiger partial charge in [0.25, 0.3) is 0 Å². The first kappa shape index (κ1) is 11.8. The van der Waals surface area contributed by atoms with E-state index in [0.29, 0.717) is 11.3 Å². The maximum atomic E-state index is 10.9. The van der Waals surface area contributed by atoms with Gasteiger partial charge >= 0.3 is 5.97 Å². The number of rotatable bonds is 3. The monoisotopic (exact) mass is 223 g/mol. The van der Waals surface area contributed by atoms with E-state index in [4.69, 9.17) is 21.3 Å². The third-order valence-corrected chi connectivity index (χ3v) is 2.06. The number of hydrogen-bond donors (Lipinski definition) is 3. The van der Waals surface area contributed by atoms with E-state index >= 15 is 0 Å². The molecule has 5 N–H and O–H groups in total. The molecule has 1 aromatic rings. The lowest BCUT2D eigenvalue weighted by Gasteiger charge is -2.10. The van der Waals surface area contributed by atoms with Crippen molar-refractivity contribution in [3.05, 3.63) is 23.3 Å². The quantitative estimate of drug-likeness (QED) is 0.513. The van der Waals surface area contributed by atoms with E-state index in [-0.39, 0.29) is 17.3 Å². The van der Waals surface area contributed by atoms with Crippen LogP contribution in [-0.4, -0.2) is 24.1 Å². The summed E-state index contributed by atoms with van der Waals surface area (Å²) in [5, 5.41) is 8.93. The molecule has 0 amide bonds. The first-order valence-corrected chi connectivity index (χ1v) is 4.48. The molecule has 0 aliphatic rings. The summed E-state index contributed by atoms with van der Waals surface area (Å²) in [5.74, 6) is -0.889. The number of carboxylic acid groups (broad SMARTS) is 1. The standard InChI is InChI=1S/C10H13N3O3/c1-5-7(13-10(11)12)4-3-6(9(14)15)8(5)16-2/h3-4H,1-2H3,(H,14,15)(H4,11,12,13). The molecule has 1 aromatic carbocycles. The Morgan fingerprint density at radius 3 is 2.50 bits per heavy atom. The largest absolute Gasteiger partial charge is 0.495 e. The van der Waals surface area contributed by atoms with Crippen molar-refractivity contribution in [1.29, 1.82) is 0 Å². The Bertz CT molecular complexity index is 451. The lowest BCUT2D eigenvalue weighted by Crippen LogP contribution is -2.22. The van der Waals surface area contributed by atoms with Crippen LogP contribution in [0.1, 0.15) is 15.9 Å². The molecular weight excluding hydrogens is 210 g/mol. The van der Waals surface area contributed by atoms with Crippen LogP contribution in [0.5, 0.6) is 5.75 Å². The SMILES string of the molecule is COc1c(C(=O)O)ccc(N=C(N)N)c1C. The number of aliphatic imine (C=N–C) groups is 1. The summed E-state index contributed by atoms with van der Waals surface area (Å²) in [6, 6.07) is 2.93. The van der Waals surface area contributed by atoms with Crippen molar-refractivity contribution in [2.75, 3.05) is 7.11 Å². The molecule has 6 nitrogen and oxygen atoms in total.